The molecule has 0 spiro atoms. The van der Waals surface area contributed by atoms with Crippen LogP contribution in [0.3, 0.4) is 0 Å². The number of thiocarbonyl (C=S) groups is 1. The van der Waals surface area contributed by atoms with Gasteiger partial charge in [0.15, 0.2) is 0 Å². The first-order valence-corrected chi connectivity index (χ1v) is 11.3. The Morgan fingerprint density at radius 2 is 1.83 bits per heavy atom. The van der Waals surface area contributed by atoms with E-state index in [1.165, 1.54) is 31.0 Å². The molecule has 1 saturated carbocycles. The van der Waals surface area contributed by atoms with E-state index in [1.807, 2.05) is 35.2 Å². The molecule has 0 unspecified atom stereocenters. The van der Waals surface area contributed by atoms with Crippen LogP contribution in [0.2, 0.25) is 0 Å². The Balaban J connectivity index is 1.63. The van der Waals surface area contributed by atoms with Crippen LogP contribution in [0, 0.1) is 13.8 Å². The zero-order valence-corrected chi connectivity index (χ0v) is 18.7. The molecule has 6 heteroatoms. The lowest BCUT2D eigenvalue weighted by Gasteiger charge is -2.29. The number of nitrogens with zero attached hydrogens (tertiary/aromatic N) is 2. The van der Waals surface area contributed by atoms with Crippen molar-refractivity contribution in [3.63, 3.8) is 0 Å². The summed E-state index contributed by atoms with van der Waals surface area (Å²) in [6.07, 6.45) is 7.76. The smallest absolute Gasteiger partial charge is 0.266 e. The van der Waals surface area contributed by atoms with Gasteiger partial charge in [-0.05, 0) is 68.7 Å². The van der Waals surface area contributed by atoms with E-state index < -0.39 is 0 Å². The molecule has 29 heavy (non-hydrogen) atoms. The molecule has 152 valence electrons. The largest absolute Gasteiger partial charge is 0.497 e. The van der Waals surface area contributed by atoms with Crippen LogP contribution in [-0.4, -0.2) is 32.8 Å². The van der Waals surface area contributed by atoms with Gasteiger partial charge in [-0.2, -0.15) is 0 Å². The normalized spacial score (nSPS) is 19.4. The molecule has 2 heterocycles. The number of hydrogen-bond acceptors (Lipinski definition) is 4. The molecule has 1 amide bonds. The third-order valence-corrected chi connectivity index (χ3v) is 7.18. The number of rotatable bonds is 4. The first-order valence-electron chi connectivity index (χ1n) is 10.1. The summed E-state index contributed by atoms with van der Waals surface area (Å²) in [6, 6.07) is 10.4. The third-order valence-electron chi connectivity index (χ3n) is 5.85. The molecule has 1 aliphatic carbocycles. The zero-order chi connectivity index (χ0) is 20.5. The average Bonchev–Trinajstić information content (AvgIpc) is 3.17. The van der Waals surface area contributed by atoms with Gasteiger partial charge in [0.1, 0.15) is 10.1 Å². The second-order valence-corrected chi connectivity index (χ2v) is 9.38. The Morgan fingerprint density at radius 1 is 1.14 bits per heavy atom. The van der Waals surface area contributed by atoms with Gasteiger partial charge in [0.25, 0.3) is 5.91 Å². The second kappa shape index (κ2) is 8.36. The van der Waals surface area contributed by atoms with Crippen LogP contribution in [0.5, 0.6) is 5.75 Å². The van der Waals surface area contributed by atoms with Gasteiger partial charge in [0, 0.05) is 23.1 Å². The number of hydrogen-bond donors (Lipinski definition) is 0. The van der Waals surface area contributed by atoms with E-state index in [2.05, 4.69) is 24.5 Å². The number of benzene rings is 1. The Hall–Kier alpha value is -2.05. The fourth-order valence-corrected chi connectivity index (χ4v) is 5.73. The van der Waals surface area contributed by atoms with Gasteiger partial charge in [-0.3, -0.25) is 9.69 Å². The molecular weight excluding hydrogens is 400 g/mol. The SMILES string of the molecule is COc1ccc(-n2c(C)cc(/C=C3/SC(=S)N(C4CCCCC4)C3=O)c2C)cc1. The number of aryl methyl sites for hydroxylation is 1. The fraction of sp³-hybridized carbons (Fsp3) is 0.391. The van der Waals surface area contributed by atoms with Gasteiger partial charge in [-0.1, -0.05) is 43.2 Å². The van der Waals surface area contributed by atoms with E-state index in [0.29, 0.717) is 4.32 Å². The topological polar surface area (TPSA) is 34.5 Å². The van der Waals surface area contributed by atoms with Crippen molar-refractivity contribution in [1.29, 1.82) is 0 Å². The molecule has 0 atom stereocenters. The van der Waals surface area contributed by atoms with Gasteiger partial charge in [-0.15, -0.1) is 0 Å². The quantitative estimate of drug-likeness (QED) is 0.468. The van der Waals surface area contributed by atoms with Crippen LogP contribution in [-0.2, 0) is 4.79 Å². The minimum atomic E-state index is 0.0705. The van der Waals surface area contributed by atoms with Crippen LogP contribution in [0.25, 0.3) is 11.8 Å². The number of amides is 1. The summed E-state index contributed by atoms with van der Waals surface area (Å²) in [4.78, 5) is 15.7. The summed E-state index contributed by atoms with van der Waals surface area (Å²) < 4.78 is 8.17. The molecule has 2 aromatic rings. The van der Waals surface area contributed by atoms with E-state index in [1.54, 1.807) is 7.11 Å². The van der Waals surface area contributed by atoms with Crippen LogP contribution in [0.1, 0.15) is 49.1 Å². The molecule has 2 aliphatic rings. The fourth-order valence-electron chi connectivity index (χ4n) is 4.34. The maximum absolute atomic E-state index is 13.1. The van der Waals surface area contributed by atoms with Crippen molar-refractivity contribution in [2.24, 2.45) is 0 Å². The summed E-state index contributed by atoms with van der Waals surface area (Å²) in [6.45, 7) is 4.17. The molecule has 1 aromatic heterocycles. The summed E-state index contributed by atoms with van der Waals surface area (Å²) in [5.74, 6) is 0.906. The van der Waals surface area contributed by atoms with Crippen molar-refractivity contribution < 1.29 is 9.53 Å². The van der Waals surface area contributed by atoms with Crippen LogP contribution >= 0.6 is 24.0 Å². The summed E-state index contributed by atoms with van der Waals surface area (Å²) in [5.41, 5.74) is 4.37. The number of carbonyl (C=O) groups is 1. The Bertz CT molecular complexity index is 970. The lowest BCUT2D eigenvalue weighted by atomic mass is 9.94. The molecule has 0 radical (unpaired) electrons. The summed E-state index contributed by atoms with van der Waals surface area (Å²) in [7, 11) is 1.67. The molecule has 1 aliphatic heterocycles. The Kier molecular flexibility index (Phi) is 5.83. The minimum Gasteiger partial charge on any atom is -0.497 e. The van der Waals surface area contributed by atoms with Gasteiger partial charge < -0.3 is 9.30 Å². The number of thioether (sulfide) groups is 1. The van der Waals surface area contributed by atoms with Crippen molar-refractivity contribution in [1.82, 2.24) is 9.47 Å². The molecule has 0 N–H and O–H groups in total. The predicted molar refractivity (Wildman–Crippen MR) is 124 cm³/mol. The van der Waals surface area contributed by atoms with E-state index in [4.69, 9.17) is 17.0 Å². The zero-order valence-electron chi connectivity index (χ0n) is 17.1. The monoisotopic (exact) mass is 426 g/mol. The average molecular weight is 427 g/mol. The van der Waals surface area contributed by atoms with Gasteiger partial charge in [-0.25, -0.2) is 0 Å². The number of carbonyl (C=O) groups excluding carboxylic acids is 1. The minimum absolute atomic E-state index is 0.0705. The van der Waals surface area contributed by atoms with E-state index in [0.717, 1.165) is 46.1 Å². The third kappa shape index (κ3) is 3.88. The highest BCUT2D eigenvalue weighted by atomic mass is 32.2. The summed E-state index contributed by atoms with van der Waals surface area (Å²) in [5, 5.41) is 0. The number of methoxy groups -OCH3 is 1. The number of ether oxygens (including phenoxy) is 1. The van der Waals surface area contributed by atoms with E-state index in [9.17, 15) is 4.79 Å². The van der Waals surface area contributed by atoms with E-state index >= 15 is 0 Å². The molecular formula is C23H26N2O2S2. The molecule has 1 saturated heterocycles. The van der Waals surface area contributed by atoms with Crippen molar-refractivity contribution in [3.05, 3.63) is 52.2 Å². The highest BCUT2D eigenvalue weighted by Crippen LogP contribution is 2.38. The standard InChI is InChI=1S/C23H26N2O2S2/c1-15-13-17(16(2)24(15)19-9-11-20(27-3)12-10-19)14-21-22(26)25(23(28)29-21)18-7-5-4-6-8-18/h9-14,18H,4-8H2,1-3H3/b21-14+. The second-order valence-electron chi connectivity index (χ2n) is 7.70. The first-order chi connectivity index (χ1) is 14.0. The maximum Gasteiger partial charge on any atom is 0.266 e. The Morgan fingerprint density at radius 3 is 2.48 bits per heavy atom. The van der Waals surface area contributed by atoms with Crippen molar-refractivity contribution >= 4 is 40.3 Å². The van der Waals surface area contributed by atoms with Crippen molar-refractivity contribution in [2.45, 2.75) is 52.0 Å². The first kappa shape index (κ1) is 20.2. The summed E-state index contributed by atoms with van der Waals surface area (Å²) >= 11 is 7.00. The molecule has 4 rings (SSSR count). The van der Waals surface area contributed by atoms with Crippen molar-refractivity contribution in [3.8, 4) is 11.4 Å². The lowest BCUT2D eigenvalue weighted by molar-refractivity contribution is -0.124. The van der Waals surface area contributed by atoms with Crippen LogP contribution in [0.4, 0.5) is 0 Å². The lowest BCUT2D eigenvalue weighted by Crippen LogP contribution is -2.39. The molecule has 0 bridgehead atoms. The van der Waals surface area contributed by atoms with Gasteiger partial charge in [0.05, 0.1) is 12.0 Å². The van der Waals surface area contributed by atoms with Crippen LogP contribution in [0.15, 0.2) is 35.2 Å². The molecule has 4 nitrogen and oxygen atoms in total. The Labute approximate surface area is 181 Å². The van der Waals surface area contributed by atoms with Gasteiger partial charge in [0.2, 0.25) is 0 Å². The van der Waals surface area contributed by atoms with Crippen molar-refractivity contribution in [2.75, 3.05) is 7.11 Å². The maximum atomic E-state index is 13.1. The van der Waals surface area contributed by atoms with E-state index in [-0.39, 0.29) is 11.9 Å². The highest BCUT2D eigenvalue weighted by molar-refractivity contribution is 8.26. The predicted octanol–water partition coefficient (Wildman–Crippen LogP) is 5.64. The van der Waals surface area contributed by atoms with Crippen LogP contribution < -0.4 is 4.74 Å². The molecule has 2 fully saturated rings. The highest BCUT2D eigenvalue weighted by Gasteiger charge is 2.37. The number of aromatic nitrogens is 1. The molecule has 1 aromatic carbocycles. The van der Waals surface area contributed by atoms with Gasteiger partial charge >= 0.3 is 0 Å².